The molecule has 0 N–H and O–H groups in total. The van der Waals surface area contributed by atoms with Crippen LogP contribution in [0.1, 0.15) is 77.6 Å². The number of nitrogens with zero attached hydrogens (tertiary/aromatic N) is 1. The van der Waals surface area contributed by atoms with Gasteiger partial charge in [-0.15, -0.1) is 0 Å². The highest BCUT2D eigenvalue weighted by atomic mass is 19.3. The van der Waals surface area contributed by atoms with Crippen molar-refractivity contribution >= 4 is 11.7 Å². The maximum absolute atomic E-state index is 12.0. The van der Waals surface area contributed by atoms with E-state index in [0.29, 0.717) is 32.4 Å². The lowest BCUT2D eigenvalue weighted by molar-refractivity contribution is -0.174. The van der Waals surface area contributed by atoms with Crippen molar-refractivity contribution in [1.29, 1.82) is 0 Å². The van der Waals surface area contributed by atoms with Gasteiger partial charge in [0.15, 0.2) is 0 Å². The van der Waals surface area contributed by atoms with Gasteiger partial charge in [-0.05, 0) is 30.7 Å². The number of hydrogen-bond acceptors (Lipinski definition) is 3. The number of Topliss-reactive ketones (excluding diaryl/α,β-unsaturated/α-hetero) is 1. The van der Waals surface area contributed by atoms with Crippen LogP contribution in [0.5, 0.6) is 0 Å². The molecule has 0 aromatic heterocycles. The Morgan fingerprint density at radius 1 is 1.00 bits per heavy atom. The van der Waals surface area contributed by atoms with E-state index in [9.17, 15) is 14.1 Å². The summed E-state index contributed by atoms with van der Waals surface area (Å²) in [5, 5.41) is 0. The Morgan fingerprint density at radius 3 is 2.05 bits per heavy atom. The molecule has 5 heteroatoms. The normalized spacial score (nSPS) is 17.9. The Morgan fingerprint density at radius 2 is 1.55 bits per heavy atom. The number of rotatable bonds is 12. The number of likely N-dealkylation sites (tertiary alicyclic amines) is 1. The zero-order valence-electron chi connectivity index (χ0n) is 13.8. The zero-order valence-corrected chi connectivity index (χ0v) is 13.8. The standard InChI is InChI=1S/C17H30FNO3/c1-15(20)10-8-6-4-2-3-5-7-9-11-17(21)19-13-12-16(14-19)22-18/h16H,2-14H2,1H3. The minimum Gasteiger partial charge on any atom is -0.340 e. The van der Waals surface area contributed by atoms with Crippen molar-refractivity contribution in [2.24, 2.45) is 0 Å². The minimum absolute atomic E-state index is 0.129. The van der Waals surface area contributed by atoms with Crippen molar-refractivity contribution in [1.82, 2.24) is 4.90 Å². The number of carbonyl (C=O) groups is 2. The van der Waals surface area contributed by atoms with Crippen LogP contribution in [0.15, 0.2) is 0 Å². The van der Waals surface area contributed by atoms with Crippen LogP contribution >= 0.6 is 0 Å². The molecule has 4 nitrogen and oxygen atoms in total. The Hall–Kier alpha value is -0.970. The van der Waals surface area contributed by atoms with Gasteiger partial charge in [0.05, 0.1) is 6.54 Å². The fraction of sp³-hybridized carbons (Fsp3) is 0.882. The molecule has 0 saturated carbocycles. The maximum atomic E-state index is 12.0. The molecular formula is C17H30FNO3. The van der Waals surface area contributed by atoms with E-state index < -0.39 is 6.10 Å². The van der Waals surface area contributed by atoms with Gasteiger partial charge in [0.2, 0.25) is 5.91 Å². The van der Waals surface area contributed by atoms with Crippen molar-refractivity contribution in [3.8, 4) is 0 Å². The quantitative estimate of drug-likeness (QED) is 0.512. The summed E-state index contributed by atoms with van der Waals surface area (Å²) < 4.78 is 12.0. The van der Waals surface area contributed by atoms with Crippen LogP contribution in [0.2, 0.25) is 0 Å². The van der Waals surface area contributed by atoms with E-state index in [1.54, 1.807) is 11.8 Å². The Bertz CT molecular complexity index is 336. The summed E-state index contributed by atoms with van der Waals surface area (Å²) in [7, 11) is 0. The van der Waals surface area contributed by atoms with Crippen LogP contribution in [-0.4, -0.2) is 35.8 Å². The van der Waals surface area contributed by atoms with Gasteiger partial charge in [0, 0.05) is 19.4 Å². The number of ketones is 1. The van der Waals surface area contributed by atoms with E-state index >= 15 is 0 Å². The maximum Gasteiger partial charge on any atom is 0.222 e. The molecule has 1 atom stereocenters. The van der Waals surface area contributed by atoms with E-state index in [-0.39, 0.29) is 11.7 Å². The molecule has 0 bridgehead atoms. The van der Waals surface area contributed by atoms with Gasteiger partial charge < -0.3 is 9.69 Å². The molecule has 1 heterocycles. The molecule has 0 aliphatic carbocycles. The molecule has 0 radical (unpaired) electrons. The van der Waals surface area contributed by atoms with Gasteiger partial charge >= 0.3 is 0 Å². The second-order valence-corrected chi connectivity index (χ2v) is 6.37. The van der Waals surface area contributed by atoms with Gasteiger partial charge in [-0.2, -0.15) is 4.94 Å². The highest BCUT2D eigenvalue weighted by Gasteiger charge is 2.26. The summed E-state index contributed by atoms with van der Waals surface area (Å²) in [4.78, 5) is 28.2. The first-order chi connectivity index (χ1) is 10.6. The van der Waals surface area contributed by atoms with Gasteiger partial charge in [-0.25, -0.2) is 0 Å². The predicted molar refractivity (Wildman–Crippen MR) is 84.0 cm³/mol. The molecule has 1 aliphatic rings. The second kappa shape index (κ2) is 11.6. The first kappa shape index (κ1) is 19.1. The van der Waals surface area contributed by atoms with Crippen LogP contribution in [0.4, 0.5) is 4.53 Å². The molecule has 1 unspecified atom stereocenters. The van der Waals surface area contributed by atoms with Gasteiger partial charge in [-0.1, -0.05) is 38.5 Å². The first-order valence-electron chi connectivity index (χ1n) is 8.68. The summed E-state index contributed by atoms with van der Waals surface area (Å²) in [6.07, 6.45) is 10.4. The fourth-order valence-electron chi connectivity index (χ4n) is 2.90. The second-order valence-electron chi connectivity index (χ2n) is 6.37. The van der Waals surface area contributed by atoms with Crippen molar-refractivity contribution in [2.75, 3.05) is 13.1 Å². The molecule has 0 spiro atoms. The molecule has 1 fully saturated rings. The third kappa shape index (κ3) is 8.47. The molecule has 22 heavy (non-hydrogen) atoms. The number of carbonyl (C=O) groups excluding carboxylic acids is 2. The Kier molecular flexibility index (Phi) is 10.0. The summed E-state index contributed by atoms with van der Waals surface area (Å²) in [5.41, 5.74) is 0. The molecular weight excluding hydrogens is 285 g/mol. The molecule has 1 aliphatic heterocycles. The molecule has 128 valence electrons. The number of hydrogen-bond donors (Lipinski definition) is 0. The molecule has 0 aromatic rings. The zero-order chi connectivity index (χ0) is 16.2. The van der Waals surface area contributed by atoms with Gasteiger partial charge in [0.1, 0.15) is 11.9 Å². The molecule has 0 aromatic carbocycles. The monoisotopic (exact) mass is 315 g/mol. The van der Waals surface area contributed by atoms with E-state index in [1.165, 1.54) is 19.3 Å². The lowest BCUT2D eigenvalue weighted by Crippen LogP contribution is -2.29. The average Bonchev–Trinajstić information content (AvgIpc) is 2.97. The highest BCUT2D eigenvalue weighted by Crippen LogP contribution is 2.16. The fourth-order valence-corrected chi connectivity index (χ4v) is 2.90. The summed E-state index contributed by atoms with van der Waals surface area (Å²) >= 11 is 0. The summed E-state index contributed by atoms with van der Waals surface area (Å²) in [6.45, 7) is 2.66. The predicted octanol–water partition coefficient (Wildman–Crippen LogP) is 3.98. The van der Waals surface area contributed by atoms with Crippen molar-refractivity contribution in [3.63, 3.8) is 0 Å². The van der Waals surface area contributed by atoms with Crippen LogP contribution in [0, 0.1) is 0 Å². The average molecular weight is 315 g/mol. The van der Waals surface area contributed by atoms with E-state index in [1.807, 2.05) is 0 Å². The smallest absolute Gasteiger partial charge is 0.222 e. The third-order valence-corrected chi connectivity index (χ3v) is 4.29. The lowest BCUT2D eigenvalue weighted by atomic mass is 10.1. The van der Waals surface area contributed by atoms with Crippen LogP contribution in [-0.2, 0) is 14.5 Å². The SMILES string of the molecule is CC(=O)CCCCCCCCCCC(=O)N1CCC(OF)C1. The molecule has 1 rings (SSSR count). The molecule has 1 saturated heterocycles. The Balaban J connectivity index is 1.87. The number of halogens is 1. The Labute approximate surface area is 133 Å². The van der Waals surface area contributed by atoms with Gasteiger partial charge in [0.25, 0.3) is 0 Å². The van der Waals surface area contributed by atoms with Gasteiger partial charge in [-0.3, -0.25) is 4.79 Å². The van der Waals surface area contributed by atoms with E-state index in [2.05, 4.69) is 4.94 Å². The largest absolute Gasteiger partial charge is 0.340 e. The highest BCUT2D eigenvalue weighted by molar-refractivity contribution is 5.76. The van der Waals surface area contributed by atoms with E-state index in [4.69, 9.17) is 0 Å². The minimum atomic E-state index is -0.424. The lowest BCUT2D eigenvalue weighted by Gasteiger charge is -2.15. The van der Waals surface area contributed by atoms with E-state index in [0.717, 1.165) is 32.1 Å². The van der Waals surface area contributed by atoms with Crippen LogP contribution < -0.4 is 0 Å². The molecule has 1 amide bonds. The number of amides is 1. The van der Waals surface area contributed by atoms with Crippen molar-refractivity contribution < 1.29 is 19.1 Å². The van der Waals surface area contributed by atoms with Crippen molar-refractivity contribution in [3.05, 3.63) is 0 Å². The van der Waals surface area contributed by atoms with Crippen LogP contribution in [0.25, 0.3) is 0 Å². The first-order valence-corrected chi connectivity index (χ1v) is 8.68. The topological polar surface area (TPSA) is 46.6 Å². The summed E-state index contributed by atoms with van der Waals surface area (Å²) in [5.74, 6) is 0.413. The summed E-state index contributed by atoms with van der Waals surface area (Å²) in [6, 6.07) is 0. The third-order valence-electron chi connectivity index (χ3n) is 4.29. The van der Waals surface area contributed by atoms with Crippen molar-refractivity contribution in [2.45, 2.75) is 83.7 Å². The van der Waals surface area contributed by atoms with Crippen LogP contribution in [0.3, 0.4) is 0 Å². The number of unbranched alkanes of at least 4 members (excludes halogenated alkanes) is 7.